The summed E-state index contributed by atoms with van der Waals surface area (Å²) in [4.78, 5) is 51.3. The van der Waals surface area contributed by atoms with Crippen LogP contribution in [0.15, 0.2) is 103 Å². The molecule has 342 valence electrons. The van der Waals surface area contributed by atoms with Crippen LogP contribution in [0.25, 0.3) is 21.5 Å². The normalized spacial score (nSPS) is 23.1. The van der Waals surface area contributed by atoms with Gasteiger partial charge in [0.2, 0.25) is 0 Å². The third-order valence-electron chi connectivity index (χ3n) is 11.4. The Kier molecular flexibility index (Phi) is 15.6. The van der Waals surface area contributed by atoms with E-state index in [1.54, 1.807) is 0 Å². The summed E-state index contributed by atoms with van der Waals surface area (Å²) in [5, 5.41) is 17.8. The molecular formula is C50H54N2O12S. The molecule has 1 unspecified atom stereocenters. The highest BCUT2D eigenvalue weighted by molar-refractivity contribution is 7.80. The lowest BCUT2D eigenvalue weighted by Gasteiger charge is -2.44. The molecule has 14 nitrogen and oxygen atoms in total. The quantitative estimate of drug-likeness (QED) is 0.0461. The molecule has 0 aromatic heterocycles. The van der Waals surface area contributed by atoms with Crippen LogP contribution in [-0.2, 0) is 65.5 Å². The van der Waals surface area contributed by atoms with E-state index >= 15 is 0 Å². The van der Waals surface area contributed by atoms with Gasteiger partial charge in [-0.3, -0.25) is 24.1 Å². The fourth-order valence-electron chi connectivity index (χ4n) is 8.63. The SMILES string of the molecule is CC(=O)OC[C@H]1O[C@@H](CC(=S)Nc2cccc(C3O[C@H](CN(C)Cc4c5ccccc5cc5ccccc45)C[C@H](c4ccc(CO)cc4)O3)c2)[C@H](OC(C)=O)[C@@H](OC(C)=O)[C@@H]1OC(C)=O. The van der Waals surface area contributed by atoms with Gasteiger partial charge in [-0.15, -0.1) is 0 Å². The molecule has 0 radical (unpaired) electrons. The van der Waals surface area contributed by atoms with Crippen molar-refractivity contribution in [1.82, 2.24) is 4.90 Å². The molecular weight excluding hydrogens is 853 g/mol. The first kappa shape index (κ1) is 47.2. The van der Waals surface area contributed by atoms with Gasteiger partial charge >= 0.3 is 23.9 Å². The Morgan fingerprint density at radius 1 is 0.708 bits per heavy atom. The van der Waals surface area contributed by atoms with Crippen molar-refractivity contribution in [2.45, 2.75) is 103 Å². The molecule has 15 heteroatoms. The van der Waals surface area contributed by atoms with Gasteiger partial charge < -0.3 is 43.6 Å². The van der Waals surface area contributed by atoms with Gasteiger partial charge in [0.25, 0.3) is 0 Å². The van der Waals surface area contributed by atoms with E-state index in [2.05, 4.69) is 71.9 Å². The number of thiocarbonyl (C=S) groups is 1. The number of hydrogen-bond acceptors (Lipinski definition) is 14. The van der Waals surface area contributed by atoms with Gasteiger partial charge in [0.05, 0.1) is 23.8 Å². The Morgan fingerprint density at radius 2 is 1.32 bits per heavy atom. The van der Waals surface area contributed by atoms with Crippen molar-refractivity contribution in [3.63, 3.8) is 0 Å². The van der Waals surface area contributed by atoms with Crippen LogP contribution in [0.5, 0.6) is 0 Å². The number of carbonyl (C=O) groups excluding carboxylic acids is 4. The van der Waals surface area contributed by atoms with Crippen LogP contribution in [0.4, 0.5) is 5.69 Å². The largest absolute Gasteiger partial charge is 0.463 e. The average molecular weight is 907 g/mol. The Bertz CT molecular complexity index is 2460. The minimum atomic E-state index is -1.31. The molecule has 5 aromatic carbocycles. The van der Waals surface area contributed by atoms with Crippen molar-refractivity contribution < 1.29 is 57.4 Å². The van der Waals surface area contributed by atoms with Gasteiger partial charge in [0.1, 0.15) is 18.8 Å². The number of carbonyl (C=O) groups is 4. The summed E-state index contributed by atoms with van der Waals surface area (Å²) >= 11 is 5.84. The molecule has 2 saturated heterocycles. The summed E-state index contributed by atoms with van der Waals surface area (Å²) in [7, 11) is 2.10. The molecule has 2 aliphatic heterocycles. The standard InChI is InChI=1S/C50H54N2O12S/c1-29(54)58-28-45-48(60-31(3)56)49(61-32(4)57)47(59-30(2)55)44(63-45)24-46(65)51-38-14-10-13-37(22-38)50-62-39(23-43(64-50)34-19-17-33(27-53)18-20-34)25-52(5)26-42-40-15-8-6-11-35(40)21-36-12-7-9-16-41(36)42/h6-22,39,43-45,47-50,53H,23-28H2,1-5H3,(H,51,65)/t39-,43+,44-,45+,47-,48+,49+,50?/m0/s1. The summed E-state index contributed by atoms with van der Waals surface area (Å²) < 4.78 is 41.7. The van der Waals surface area contributed by atoms with Crippen LogP contribution in [0, 0.1) is 0 Å². The second kappa shape index (κ2) is 21.5. The number of anilines is 1. The van der Waals surface area contributed by atoms with E-state index in [4.69, 9.17) is 45.4 Å². The first-order chi connectivity index (χ1) is 31.2. The third-order valence-corrected chi connectivity index (χ3v) is 11.6. The molecule has 5 aromatic rings. The summed E-state index contributed by atoms with van der Waals surface area (Å²) in [6.07, 6.45) is -6.72. The fraction of sp³-hybridized carbons (Fsp3) is 0.380. The average Bonchev–Trinajstić information content (AvgIpc) is 3.27. The van der Waals surface area contributed by atoms with E-state index in [1.165, 1.54) is 54.8 Å². The monoisotopic (exact) mass is 906 g/mol. The smallest absolute Gasteiger partial charge is 0.303 e. The number of fused-ring (bicyclic) bond motifs is 2. The highest BCUT2D eigenvalue weighted by atomic mass is 32.1. The molecule has 2 heterocycles. The number of nitrogens with one attached hydrogen (secondary N) is 1. The zero-order valence-corrected chi connectivity index (χ0v) is 37.8. The van der Waals surface area contributed by atoms with Gasteiger partial charge in [0.15, 0.2) is 24.6 Å². The lowest BCUT2D eigenvalue weighted by atomic mass is 9.92. The van der Waals surface area contributed by atoms with E-state index in [9.17, 15) is 24.3 Å². The number of aliphatic hydroxyl groups excluding tert-OH is 1. The molecule has 8 atom stereocenters. The molecule has 7 rings (SSSR count). The number of likely N-dealkylation sites (N-methyl/N-ethyl adjacent to an activating group) is 1. The van der Waals surface area contributed by atoms with Crippen molar-refractivity contribution in [3.05, 3.63) is 125 Å². The second-order valence-corrected chi connectivity index (χ2v) is 17.0. The molecule has 0 saturated carbocycles. The van der Waals surface area contributed by atoms with Crippen molar-refractivity contribution in [2.24, 2.45) is 0 Å². The molecule has 65 heavy (non-hydrogen) atoms. The molecule has 0 spiro atoms. The maximum absolute atomic E-state index is 12.4. The van der Waals surface area contributed by atoms with Crippen LogP contribution in [0.2, 0.25) is 0 Å². The number of rotatable bonds is 15. The zero-order chi connectivity index (χ0) is 46.2. The van der Waals surface area contributed by atoms with Crippen molar-refractivity contribution in [3.8, 4) is 0 Å². The maximum Gasteiger partial charge on any atom is 0.303 e. The minimum Gasteiger partial charge on any atom is -0.463 e. The summed E-state index contributed by atoms with van der Waals surface area (Å²) in [5.41, 5.74) is 4.35. The lowest BCUT2D eigenvalue weighted by Crippen LogP contribution is -2.62. The van der Waals surface area contributed by atoms with Gasteiger partial charge in [-0.25, -0.2) is 0 Å². The van der Waals surface area contributed by atoms with Crippen LogP contribution in [0.1, 0.15) is 75.2 Å². The molecule has 0 aliphatic carbocycles. The van der Waals surface area contributed by atoms with Crippen LogP contribution < -0.4 is 5.32 Å². The van der Waals surface area contributed by atoms with Crippen LogP contribution >= 0.6 is 12.2 Å². The maximum atomic E-state index is 12.4. The fourth-order valence-corrected chi connectivity index (χ4v) is 8.92. The van der Waals surface area contributed by atoms with Gasteiger partial charge in [-0.05, 0) is 63.5 Å². The van der Waals surface area contributed by atoms with Crippen LogP contribution in [0.3, 0.4) is 0 Å². The van der Waals surface area contributed by atoms with Crippen LogP contribution in [-0.4, -0.2) is 95.7 Å². The Hall–Kier alpha value is -5.81. The molecule has 2 aliphatic rings. The predicted octanol–water partition coefficient (Wildman–Crippen LogP) is 7.42. The highest BCUT2D eigenvalue weighted by Gasteiger charge is 2.52. The predicted molar refractivity (Wildman–Crippen MR) is 245 cm³/mol. The highest BCUT2D eigenvalue weighted by Crippen LogP contribution is 2.39. The number of hydrogen-bond donors (Lipinski definition) is 2. The number of esters is 4. The molecule has 2 fully saturated rings. The Balaban J connectivity index is 1.11. The number of benzene rings is 5. The first-order valence-corrected chi connectivity index (χ1v) is 21.9. The number of aliphatic hydroxyl groups is 1. The zero-order valence-electron chi connectivity index (χ0n) is 37.0. The topological polar surface area (TPSA) is 168 Å². The molecule has 0 bridgehead atoms. The Labute approximate surface area is 383 Å². The summed E-state index contributed by atoms with van der Waals surface area (Å²) in [6.45, 7) is 5.63. The summed E-state index contributed by atoms with van der Waals surface area (Å²) in [5.74, 6) is -2.75. The number of ether oxygens (including phenoxy) is 7. The number of nitrogens with zero attached hydrogens (tertiary/aromatic N) is 1. The van der Waals surface area contributed by atoms with Gasteiger partial charge in [-0.2, -0.15) is 0 Å². The van der Waals surface area contributed by atoms with E-state index in [0.717, 1.165) is 16.7 Å². The van der Waals surface area contributed by atoms with E-state index in [0.29, 0.717) is 25.2 Å². The second-order valence-electron chi connectivity index (χ2n) is 16.5. The third kappa shape index (κ3) is 12.1. The van der Waals surface area contributed by atoms with Crippen molar-refractivity contribution in [2.75, 3.05) is 25.5 Å². The molecule has 2 N–H and O–H groups in total. The van der Waals surface area contributed by atoms with Gasteiger partial charge in [0, 0.05) is 64.9 Å². The molecule has 0 amide bonds. The van der Waals surface area contributed by atoms with E-state index < -0.39 is 60.7 Å². The summed E-state index contributed by atoms with van der Waals surface area (Å²) in [6, 6.07) is 34.4. The van der Waals surface area contributed by atoms with E-state index in [1.807, 2.05) is 48.5 Å². The van der Waals surface area contributed by atoms with E-state index in [-0.39, 0.29) is 36.8 Å². The minimum absolute atomic E-state index is 0.0403. The van der Waals surface area contributed by atoms with Gasteiger partial charge in [-0.1, -0.05) is 97.1 Å². The Morgan fingerprint density at radius 3 is 1.94 bits per heavy atom. The lowest BCUT2D eigenvalue weighted by molar-refractivity contribution is -0.252. The first-order valence-electron chi connectivity index (χ1n) is 21.5. The van der Waals surface area contributed by atoms with Crippen molar-refractivity contribution in [1.29, 1.82) is 0 Å². The van der Waals surface area contributed by atoms with Crippen molar-refractivity contribution >= 4 is 68.3 Å².